The van der Waals surface area contributed by atoms with Crippen molar-refractivity contribution in [3.05, 3.63) is 33.6 Å². The number of halogens is 4. The van der Waals surface area contributed by atoms with E-state index < -0.39 is 33.8 Å². The summed E-state index contributed by atoms with van der Waals surface area (Å²) in [4.78, 5) is 10.5. The van der Waals surface area contributed by atoms with Crippen LogP contribution in [-0.4, -0.2) is 11.1 Å². The van der Waals surface area contributed by atoms with Gasteiger partial charge in [0.05, 0.1) is 10.4 Å². The number of carbonyl (C=O) groups is 1. The van der Waals surface area contributed by atoms with Gasteiger partial charge in [-0.05, 0) is 34.0 Å². The normalized spacial score (nSPS) is 12.6. The van der Waals surface area contributed by atoms with E-state index in [0.717, 1.165) is 0 Å². The molecule has 0 saturated heterocycles. The summed E-state index contributed by atoms with van der Waals surface area (Å²) in [5.41, 5.74) is -0.166. The SMILES string of the molecule is CC(Cc1cc(F)c(F)c(Br)c1F)C(=O)O. The number of carboxylic acid groups (broad SMARTS) is 1. The minimum atomic E-state index is -1.32. The molecule has 0 aliphatic rings. The van der Waals surface area contributed by atoms with Gasteiger partial charge in [0.15, 0.2) is 11.6 Å². The molecule has 0 fully saturated rings. The minimum Gasteiger partial charge on any atom is -0.481 e. The van der Waals surface area contributed by atoms with Crippen molar-refractivity contribution in [2.24, 2.45) is 5.92 Å². The maximum Gasteiger partial charge on any atom is 0.306 e. The number of hydrogen-bond acceptors (Lipinski definition) is 1. The summed E-state index contributed by atoms with van der Waals surface area (Å²) in [6.45, 7) is 1.36. The molecule has 1 N–H and O–H groups in total. The highest BCUT2D eigenvalue weighted by Crippen LogP contribution is 2.26. The average Bonchev–Trinajstić information content (AvgIpc) is 2.22. The van der Waals surface area contributed by atoms with Crippen molar-refractivity contribution in [2.45, 2.75) is 13.3 Å². The van der Waals surface area contributed by atoms with Crippen molar-refractivity contribution in [1.82, 2.24) is 0 Å². The van der Waals surface area contributed by atoms with Gasteiger partial charge in [-0.2, -0.15) is 0 Å². The zero-order valence-electron chi connectivity index (χ0n) is 8.23. The van der Waals surface area contributed by atoms with Crippen LogP contribution in [0.1, 0.15) is 12.5 Å². The Hall–Kier alpha value is -1.04. The predicted molar refractivity (Wildman–Crippen MR) is 54.5 cm³/mol. The van der Waals surface area contributed by atoms with E-state index in [4.69, 9.17) is 5.11 Å². The van der Waals surface area contributed by atoms with Crippen molar-refractivity contribution in [3.8, 4) is 0 Å². The van der Waals surface area contributed by atoms with Gasteiger partial charge in [-0.3, -0.25) is 4.79 Å². The highest BCUT2D eigenvalue weighted by atomic mass is 79.9. The van der Waals surface area contributed by atoms with Crippen LogP contribution >= 0.6 is 15.9 Å². The van der Waals surface area contributed by atoms with E-state index in [0.29, 0.717) is 6.07 Å². The fourth-order valence-corrected chi connectivity index (χ4v) is 1.63. The van der Waals surface area contributed by atoms with E-state index in [-0.39, 0.29) is 12.0 Å². The molecule has 0 aliphatic heterocycles. The lowest BCUT2D eigenvalue weighted by molar-refractivity contribution is -0.141. The van der Waals surface area contributed by atoms with Gasteiger partial charge in [-0.15, -0.1) is 0 Å². The summed E-state index contributed by atoms with van der Waals surface area (Å²) < 4.78 is 38.7. The first kappa shape index (κ1) is 13.0. The van der Waals surface area contributed by atoms with E-state index >= 15 is 0 Å². The lowest BCUT2D eigenvalue weighted by atomic mass is 10.0. The van der Waals surface area contributed by atoms with Crippen LogP contribution in [0.25, 0.3) is 0 Å². The predicted octanol–water partition coefficient (Wildman–Crippen LogP) is 3.13. The fourth-order valence-electron chi connectivity index (χ4n) is 1.19. The average molecular weight is 297 g/mol. The molecule has 0 amide bonds. The second-order valence-electron chi connectivity index (χ2n) is 3.40. The van der Waals surface area contributed by atoms with E-state index in [1.807, 2.05) is 0 Å². The summed E-state index contributed by atoms with van der Waals surface area (Å²) in [5.74, 6) is -5.48. The molecule has 0 radical (unpaired) electrons. The van der Waals surface area contributed by atoms with Gasteiger partial charge in [0.2, 0.25) is 0 Å². The van der Waals surface area contributed by atoms with Gasteiger partial charge in [-0.1, -0.05) is 6.92 Å². The summed E-state index contributed by atoms with van der Waals surface area (Å²) in [5, 5.41) is 8.63. The van der Waals surface area contributed by atoms with Crippen LogP contribution < -0.4 is 0 Å². The molecule has 0 saturated carbocycles. The van der Waals surface area contributed by atoms with Crippen LogP contribution in [0.5, 0.6) is 0 Å². The van der Waals surface area contributed by atoms with E-state index in [9.17, 15) is 18.0 Å². The van der Waals surface area contributed by atoms with Gasteiger partial charge in [-0.25, -0.2) is 13.2 Å². The molecule has 1 rings (SSSR count). The monoisotopic (exact) mass is 296 g/mol. The lowest BCUT2D eigenvalue weighted by Gasteiger charge is -2.09. The lowest BCUT2D eigenvalue weighted by Crippen LogP contribution is -2.14. The Morgan fingerprint density at radius 2 is 2.00 bits per heavy atom. The van der Waals surface area contributed by atoms with Crippen LogP contribution in [0.3, 0.4) is 0 Å². The van der Waals surface area contributed by atoms with Crippen LogP contribution in [0.2, 0.25) is 0 Å². The van der Waals surface area contributed by atoms with Crippen molar-refractivity contribution in [2.75, 3.05) is 0 Å². The third-order valence-electron chi connectivity index (χ3n) is 2.13. The maximum atomic E-state index is 13.4. The molecule has 2 nitrogen and oxygen atoms in total. The zero-order chi connectivity index (χ0) is 12.5. The first-order chi connectivity index (χ1) is 7.34. The summed E-state index contributed by atoms with van der Waals surface area (Å²) >= 11 is 2.57. The Bertz CT molecular complexity index is 435. The number of hydrogen-bond donors (Lipinski definition) is 1. The van der Waals surface area contributed by atoms with Crippen molar-refractivity contribution < 1.29 is 23.1 Å². The third-order valence-corrected chi connectivity index (χ3v) is 2.82. The van der Waals surface area contributed by atoms with E-state index in [1.54, 1.807) is 0 Å². The molecule has 1 aromatic rings. The summed E-state index contributed by atoms with van der Waals surface area (Å²) in [6, 6.07) is 0.675. The summed E-state index contributed by atoms with van der Waals surface area (Å²) in [7, 11) is 0. The molecule has 0 aromatic heterocycles. The Balaban J connectivity index is 3.11. The second kappa shape index (κ2) is 4.86. The first-order valence-corrected chi connectivity index (χ1v) is 5.18. The molecule has 0 bridgehead atoms. The van der Waals surface area contributed by atoms with Gasteiger partial charge >= 0.3 is 5.97 Å². The minimum absolute atomic E-state index is 0.166. The second-order valence-corrected chi connectivity index (χ2v) is 4.20. The number of benzene rings is 1. The molecular weight excluding hydrogens is 289 g/mol. The van der Waals surface area contributed by atoms with Crippen molar-refractivity contribution in [3.63, 3.8) is 0 Å². The van der Waals surface area contributed by atoms with Gasteiger partial charge < -0.3 is 5.11 Å². The number of aliphatic carboxylic acids is 1. The molecule has 0 spiro atoms. The largest absolute Gasteiger partial charge is 0.481 e. The quantitative estimate of drug-likeness (QED) is 0.687. The van der Waals surface area contributed by atoms with Gasteiger partial charge in [0.1, 0.15) is 5.82 Å². The summed E-state index contributed by atoms with van der Waals surface area (Å²) in [6.07, 6.45) is -0.197. The molecule has 88 valence electrons. The Labute approximate surface area is 98.2 Å². The number of carboxylic acids is 1. The Morgan fingerprint density at radius 3 is 2.50 bits per heavy atom. The van der Waals surface area contributed by atoms with Crippen LogP contribution in [0.4, 0.5) is 13.2 Å². The van der Waals surface area contributed by atoms with Gasteiger partial charge in [0, 0.05) is 0 Å². The molecule has 0 aliphatic carbocycles. The molecular formula is C10H8BrF3O2. The Morgan fingerprint density at radius 1 is 1.44 bits per heavy atom. The van der Waals surface area contributed by atoms with Crippen molar-refractivity contribution in [1.29, 1.82) is 0 Å². The van der Waals surface area contributed by atoms with Crippen LogP contribution in [-0.2, 0) is 11.2 Å². The molecule has 1 unspecified atom stereocenters. The topological polar surface area (TPSA) is 37.3 Å². The molecule has 1 atom stereocenters. The fraction of sp³-hybridized carbons (Fsp3) is 0.300. The van der Waals surface area contributed by atoms with Crippen LogP contribution in [0, 0.1) is 23.4 Å². The van der Waals surface area contributed by atoms with E-state index in [2.05, 4.69) is 15.9 Å². The highest BCUT2D eigenvalue weighted by molar-refractivity contribution is 9.10. The standard InChI is InChI=1S/C10H8BrF3O2/c1-4(10(15)16)2-5-3-6(12)9(14)7(11)8(5)13/h3-4H,2H2,1H3,(H,15,16). The van der Waals surface area contributed by atoms with Crippen LogP contribution in [0.15, 0.2) is 10.5 Å². The number of rotatable bonds is 3. The maximum absolute atomic E-state index is 13.4. The smallest absolute Gasteiger partial charge is 0.306 e. The van der Waals surface area contributed by atoms with E-state index in [1.165, 1.54) is 6.92 Å². The molecule has 6 heteroatoms. The molecule has 1 aromatic carbocycles. The third kappa shape index (κ3) is 2.55. The molecule has 0 heterocycles. The molecule has 16 heavy (non-hydrogen) atoms. The zero-order valence-corrected chi connectivity index (χ0v) is 9.82. The first-order valence-electron chi connectivity index (χ1n) is 4.39. The van der Waals surface area contributed by atoms with Gasteiger partial charge in [0.25, 0.3) is 0 Å². The highest BCUT2D eigenvalue weighted by Gasteiger charge is 2.20. The van der Waals surface area contributed by atoms with Crippen molar-refractivity contribution >= 4 is 21.9 Å². The Kier molecular flexibility index (Phi) is 3.96.